The van der Waals surface area contributed by atoms with Crippen LogP contribution in [0.5, 0.6) is 0 Å². The predicted octanol–water partition coefficient (Wildman–Crippen LogP) is 3.01. The standard InChI is InChI=1S/C11H12BrClN2O2/c12-9-2-1-7(5-10(9)13)14-11(16)15-8-3-4-17-6-8/h1-2,5,8H,3-4,6H2,(H2,14,15,16). The van der Waals surface area contributed by atoms with Crippen LogP contribution in [0.4, 0.5) is 10.5 Å². The number of hydrogen-bond acceptors (Lipinski definition) is 2. The van der Waals surface area contributed by atoms with Crippen molar-refractivity contribution in [2.75, 3.05) is 18.5 Å². The minimum absolute atomic E-state index is 0.0981. The number of carbonyl (C=O) groups excluding carboxylic acids is 1. The van der Waals surface area contributed by atoms with E-state index >= 15 is 0 Å². The number of carbonyl (C=O) groups is 1. The maximum absolute atomic E-state index is 11.6. The van der Waals surface area contributed by atoms with Gasteiger partial charge in [-0.1, -0.05) is 11.6 Å². The minimum Gasteiger partial charge on any atom is -0.379 e. The van der Waals surface area contributed by atoms with Crippen molar-refractivity contribution in [3.63, 3.8) is 0 Å². The molecular weight excluding hydrogens is 307 g/mol. The Kier molecular flexibility index (Phi) is 4.25. The zero-order valence-corrected chi connectivity index (χ0v) is 11.3. The Morgan fingerprint density at radius 2 is 2.35 bits per heavy atom. The third-order valence-corrected chi connectivity index (χ3v) is 3.67. The topological polar surface area (TPSA) is 50.4 Å². The van der Waals surface area contributed by atoms with Gasteiger partial charge in [-0.3, -0.25) is 0 Å². The molecule has 6 heteroatoms. The van der Waals surface area contributed by atoms with E-state index in [-0.39, 0.29) is 12.1 Å². The summed E-state index contributed by atoms with van der Waals surface area (Å²) in [5, 5.41) is 6.12. The van der Waals surface area contributed by atoms with E-state index in [4.69, 9.17) is 16.3 Å². The molecule has 0 radical (unpaired) electrons. The van der Waals surface area contributed by atoms with Crippen molar-refractivity contribution in [1.29, 1.82) is 0 Å². The summed E-state index contributed by atoms with van der Waals surface area (Å²) in [4.78, 5) is 11.6. The third-order valence-electron chi connectivity index (χ3n) is 2.44. The van der Waals surface area contributed by atoms with Crippen LogP contribution < -0.4 is 10.6 Å². The highest BCUT2D eigenvalue weighted by Gasteiger charge is 2.17. The van der Waals surface area contributed by atoms with Crippen molar-refractivity contribution >= 4 is 39.2 Å². The van der Waals surface area contributed by atoms with Gasteiger partial charge in [-0.15, -0.1) is 0 Å². The fourth-order valence-electron chi connectivity index (χ4n) is 1.57. The fraction of sp³-hybridized carbons (Fsp3) is 0.364. The molecule has 1 saturated heterocycles. The fourth-order valence-corrected chi connectivity index (χ4v) is 2.00. The van der Waals surface area contributed by atoms with E-state index in [1.807, 2.05) is 0 Å². The molecule has 4 nitrogen and oxygen atoms in total. The second-order valence-corrected chi connectivity index (χ2v) is 5.05. The molecule has 2 N–H and O–H groups in total. The molecule has 2 rings (SSSR count). The van der Waals surface area contributed by atoms with Crippen molar-refractivity contribution in [2.45, 2.75) is 12.5 Å². The largest absolute Gasteiger partial charge is 0.379 e. The van der Waals surface area contributed by atoms with Crippen LogP contribution in [0.1, 0.15) is 6.42 Å². The van der Waals surface area contributed by atoms with Gasteiger partial charge in [0.15, 0.2) is 0 Å². The van der Waals surface area contributed by atoms with Crippen LogP contribution >= 0.6 is 27.5 Å². The van der Waals surface area contributed by atoms with Crippen LogP contribution in [-0.4, -0.2) is 25.3 Å². The number of ether oxygens (including phenoxy) is 1. The number of urea groups is 1. The highest BCUT2D eigenvalue weighted by atomic mass is 79.9. The maximum Gasteiger partial charge on any atom is 0.319 e. The predicted molar refractivity (Wildman–Crippen MR) is 70.5 cm³/mol. The zero-order chi connectivity index (χ0) is 12.3. The van der Waals surface area contributed by atoms with Gasteiger partial charge >= 0.3 is 6.03 Å². The van der Waals surface area contributed by atoms with Gasteiger partial charge in [0.25, 0.3) is 0 Å². The zero-order valence-electron chi connectivity index (χ0n) is 9.00. The van der Waals surface area contributed by atoms with Crippen LogP contribution in [0.25, 0.3) is 0 Å². The molecule has 1 unspecified atom stereocenters. The third kappa shape index (κ3) is 3.59. The van der Waals surface area contributed by atoms with E-state index in [0.29, 0.717) is 23.9 Å². The molecule has 1 aliphatic heterocycles. The molecule has 0 bridgehead atoms. The lowest BCUT2D eigenvalue weighted by Crippen LogP contribution is -2.38. The Bertz CT molecular complexity index is 422. The van der Waals surface area contributed by atoms with Crippen LogP contribution in [0, 0.1) is 0 Å². The molecule has 17 heavy (non-hydrogen) atoms. The normalized spacial score (nSPS) is 19.1. The van der Waals surface area contributed by atoms with Crippen LogP contribution in [0.15, 0.2) is 22.7 Å². The Balaban J connectivity index is 1.90. The van der Waals surface area contributed by atoms with Gasteiger partial charge in [0.1, 0.15) is 0 Å². The Morgan fingerprint density at radius 3 is 3.00 bits per heavy atom. The summed E-state index contributed by atoms with van der Waals surface area (Å²) in [6.45, 7) is 1.28. The Labute approximate surface area is 113 Å². The van der Waals surface area contributed by atoms with E-state index in [1.165, 1.54) is 0 Å². The van der Waals surface area contributed by atoms with Crippen LogP contribution in [0.2, 0.25) is 5.02 Å². The van der Waals surface area contributed by atoms with Crippen molar-refractivity contribution < 1.29 is 9.53 Å². The molecule has 92 valence electrons. The first-order chi connectivity index (χ1) is 8.15. The summed E-state index contributed by atoms with van der Waals surface area (Å²) in [6, 6.07) is 5.12. The molecule has 1 heterocycles. The monoisotopic (exact) mass is 318 g/mol. The summed E-state index contributed by atoms with van der Waals surface area (Å²) >= 11 is 9.22. The number of amides is 2. The van der Waals surface area contributed by atoms with Crippen molar-refractivity contribution in [2.24, 2.45) is 0 Å². The molecule has 1 aromatic rings. The Morgan fingerprint density at radius 1 is 1.53 bits per heavy atom. The maximum atomic E-state index is 11.6. The van der Waals surface area contributed by atoms with Crippen molar-refractivity contribution in [1.82, 2.24) is 5.32 Å². The minimum atomic E-state index is -0.237. The lowest BCUT2D eigenvalue weighted by Gasteiger charge is -2.12. The van der Waals surface area contributed by atoms with E-state index < -0.39 is 0 Å². The summed E-state index contributed by atoms with van der Waals surface area (Å²) in [5.74, 6) is 0. The molecule has 1 aliphatic rings. The van der Waals surface area contributed by atoms with Crippen LogP contribution in [-0.2, 0) is 4.74 Å². The summed E-state index contributed by atoms with van der Waals surface area (Å²) < 4.78 is 5.97. The average molecular weight is 320 g/mol. The molecule has 0 spiro atoms. The molecule has 1 atom stereocenters. The number of benzene rings is 1. The average Bonchev–Trinajstić information content (AvgIpc) is 2.76. The molecule has 1 fully saturated rings. The summed E-state index contributed by atoms with van der Waals surface area (Å²) in [6.07, 6.45) is 0.856. The smallest absolute Gasteiger partial charge is 0.319 e. The second kappa shape index (κ2) is 5.71. The molecule has 0 saturated carbocycles. The van der Waals surface area contributed by atoms with E-state index in [0.717, 1.165) is 10.9 Å². The number of anilines is 1. The van der Waals surface area contributed by atoms with Gasteiger partial charge in [-0.25, -0.2) is 4.79 Å². The van der Waals surface area contributed by atoms with Crippen molar-refractivity contribution in [3.05, 3.63) is 27.7 Å². The van der Waals surface area contributed by atoms with Gasteiger partial charge in [-0.2, -0.15) is 0 Å². The Hall–Kier alpha value is -0.780. The van der Waals surface area contributed by atoms with Gasteiger partial charge in [0.2, 0.25) is 0 Å². The summed E-state index contributed by atoms with van der Waals surface area (Å²) in [7, 11) is 0. The highest BCUT2D eigenvalue weighted by molar-refractivity contribution is 9.10. The summed E-state index contributed by atoms with van der Waals surface area (Å²) in [5.41, 5.74) is 0.662. The molecular formula is C11H12BrClN2O2. The highest BCUT2D eigenvalue weighted by Crippen LogP contribution is 2.25. The van der Waals surface area contributed by atoms with Crippen LogP contribution in [0.3, 0.4) is 0 Å². The van der Waals surface area contributed by atoms with E-state index in [9.17, 15) is 4.79 Å². The quantitative estimate of drug-likeness (QED) is 0.880. The second-order valence-electron chi connectivity index (χ2n) is 3.79. The first kappa shape index (κ1) is 12.7. The first-order valence-corrected chi connectivity index (χ1v) is 6.42. The lowest BCUT2D eigenvalue weighted by atomic mass is 10.3. The van der Waals surface area contributed by atoms with Gasteiger partial charge in [0.05, 0.1) is 17.7 Å². The number of rotatable bonds is 2. The molecule has 2 amide bonds. The van der Waals surface area contributed by atoms with Gasteiger partial charge in [-0.05, 0) is 40.5 Å². The van der Waals surface area contributed by atoms with E-state index in [2.05, 4.69) is 26.6 Å². The lowest BCUT2D eigenvalue weighted by molar-refractivity contribution is 0.189. The molecule has 0 aromatic heterocycles. The molecule has 0 aliphatic carbocycles. The number of hydrogen-bond donors (Lipinski definition) is 2. The number of halogens is 2. The first-order valence-electron chi connectivity index (χ1n) is 5.25. The van der Waals surface area contributed by atoms with Gasteiger partial charge in [0, 0.05) is 16.8 Å². The molecule has 1 aromatic carbocycles. The van der Waals surface area contributed by atoms with E-state index in [1.54, 1.807) is 18.2 Å². The SMILES string of the molecule is O=C(Nc1ccc(Br)c(Cl)c1)NC1CCOC1. The number of nitrogens with one attached hydrogen (secondary N) is 2. The van der Waals surface area contributed by atoms with Gasteiger partial charge < -0.3 is 15.4 Å². The van der Waals surface area contributed by atoms with Crippen molar-refractivity contribution in [3.8, 4) is 0 Å².